The summed E-state index contributed by atoms with van der Waals surface area (Å²) in [7, 11) is 0. The number of hydrogen-bond donors (Lipinski definition) is 3. The van der Waals surface area contributed by atoms with Crippen LogP contribution in [0, 0.1) is 0 Å². The number of rotatable bonds is 5. The summed E-state index contributed by atoms with van der Waals surface area (Å²) < 4.78 is 4.91. The van der Waals surface area contributed by atoms with Gasteiger partial charge in [0.1, 0.15) is 0 Å². The van der Waals surface area contributed by atoms with Crippen molar-refractivity contribution in [1.29, 1.82) is 0 Å². The number of furan rings is 1. The molecular weight excluding hydrogens is 212 g/mol. The lowest BCUT2D eigenvalue weighted by atomic mass is 10.4. The first-order valence-electron chi connectivity index (χ1n) is 4.85. The van der Waals surface area contributed by atoms with E-state index in [4.69, 9.17) is 9.52 Å². The Labute approximate surface area is 92.6 Å². The predicted octanol–water partition coefficient (Wildman–Crippen LogP) is 0.914. The van der Waals surface area contributed by atoms with Gasteiger partial charge in [-0.15, -0.1) is 0 Å². The van der Waals surface area contributed by atoms with Crippen LogP contribution in [0.25, 0.3) is 0 Å². The fourth-order valence-corrected chi connectivity index (χ4v) is 1.09. The van der Waals surface area contributed by atoms with Crippen molar-refractivity contribution in [2.75, 3.05) is 11.9 Å². The first-order valence-corrected chi connectivity index (χ1v) is 4.85. The van der Waals surface area contributed by atoms with Crippen LogP contribution < -0.4 is 10.6 Å². The zero-order chi connectivity index (χ0) is 12.1. The SMILES string of the molecule is CC(C)NC(=O)CNc1ccc(C(=O)O)o1. The Hall–Kier alpha value is -1.98. The molecular formula is C10H14N2O4. The number of anilines is 1. The lowest BCUT2D eigenvalue weighted by molar-refractivity contribution is -0.119. The average molecular weight is 226 g/mol. The average Bonchev–Trinajstić information content (AvgIpc) is 2.61. The molecule has 0 aromatic carbocycles. The summed E-state index contributed by atoms with van der Waals surface area (Å²) in [6.07, 6.45) is 0. The summed E-state index contributed by atoms with van der Waals surface area (Å²) in [4.78, 5) is 21.7. The zero-order valence-corrected chi connectivity index (χ0v) is 9.11. The lowest BCUT2D eigenvalue weighted by Crippen LogP contribution is -2.34. The van der Waals surface area contributed by atoms with E-state index in [-0.39, 0.29) is 30.1 Å². The van der Waals surface area contributed by atoms with Crippen molar-refractivity contribution in [3.63, 3.8) is 0 Å². The predicted molar refractivity (Wildman–Crippen MR) is 57.4 cm³/mol. The molecule has 0 aliphatic heterocycles. The fraction of sp³-hybridized carbons (Fsp3) is 0.400. The molecule has 0 unspecified atom stereocenters. The van der Waals surface area contributed by atoms with Gasteiger partial charge in [0.2, 0.25) is 11.7 Å². The van der Waals surface area contributed by atoms with Crippen LogP contribution in [0.1, 0.15) is 24.4 Å². The van der Waals surface area contributed by atoms with E-state index in [0.717, 1.165) is 0 Å². The minimum Gasteiger partial charge on any atom is -0.475 e. The van der Waals surface area contributed by atoms with Crippen molar-refractivity contribution in [3.05, 3.63) is 17.9 Å². The topological polar surface area (TPSA) is 91.6 Å². The Morgan fingerprint density at radius 3 is 2.62 bits per heavy atom. The van der Waals surface area contributed by atoms with Crippen molar-refractivity contribution in [2.45, 2.75) is 19.9 Å². The number of aromatic carboxylic acids is 1. The molecule has 0 radical (unpaired) electrons. The second kappa shape index (κ2) is 5.20. The van der Waals surface area contributed by atoms with Gasteiger partial charge >= 0.3 is 5.97 Å². The Morgan fingerprint density at radius 1 is 1.44 bits per heavy atom. The van der Waals surface area contributed by atoms with Crippen molar-refractivity contribution in [2.24, 2.45) is 0 Å². The number of hydrogen-bond acceptors (Lipinski definition) is 4. The van der Waals surface area contributed by atoms with E-state index in [0.29, 0.717) is 0 Å². The van der Waals surface area contributed by atoms with Crippen molar-refractivity contribution >= 4 is 17.8 Å². The molecule has 0 aliphatic rings. The van der Waals surface area contributed by atoms with E-state index in [1.807, 2.05) is 13.8 Å². The molecule has 1 aromatic heterocycles. The van der Waals surface area contributed by atoms with Crippen molar-refractivity contribution < 1.29 is 19.1 Å². The molecule has 0 bridgehead atoms. The van der Waals surface area contributed by atoms with Gasteiger partial charge in [0.05, 0.1) is 6.54 Å². The van der Waals surface area contributed by atoms with Crippen LogP contribution in [0.2, 0.25) is 0 Å². The minimum atomic E-state index is -1.14. The molecule has 1 heterocycles. The van der Waals surface area contributed by atoms with Crippen LogP contribution in [0.4, 0.5) is 5.88 Å². The molecule has 0 atom stereocenters. The number of amides is 1. The Balaban J connectivity index is 2.42. The third-order valence-corrected chi connectivity index (χ3v) is 1.69. The highest BCUT2D eigenvalue weighted by Crippen LogP contribution is 2.12. The van der Waals surface area contributed by atoms with Gasteiger partial charge in [-0.3, -0.25) is 4.79 Å². The van der Waals surface area contributed by atoms with Gasteiger partial charge < -0.3 is 20.2 Å². The van der Waals surface area contributed by atoms with E-state index in [9.17, 15) is 9.59 Å². The fourth-order valence-electron chi connectivity index (χ4n) is 1.09. The number of nitrogens with one attached hydrogen (secondary N) is 2. The molecule has 16 heavy (non-hydrogen) atoms. The normalized spacial score (nSPS) is 10.2. The second-order valence-electron chi connectivity index (χ2n) is 3.54. The molecule has 0 aliphatic carbocycles. The van der Waals surface area contributed by atoms with Crippen LogP contribution in [-0.4, -0.2) is 29.6 Å². The van der Waals surface area contributed by atoms with Crippen LogP contribution >= 0.6 is 0 Å². The summed E-state index contributed by atoms with van der Waals surface area (Å²) in [6.45, 7) is 3.76. The highest BCUT2D eigenvalue weighted by Gasteiger charge is 2.09. The Bertz CT molecular complexity index is 384. The third-order valence-electron chi connectivity index (χ3n) is 1.69. The van der Waals surface area contributed by atoms with Crippen LogP contribution in [-0.2, 0) is 4.79 Å². The summed E-state index contributed by atoms with van der Waals surface area (Å²) >= 11 is 0. The highest BCUT2D eigenvalue weighted by molar-refractivity contribution is 5.85. The second-order valence-corrected chi connectivity index (χ2v) is 3.54. The van der Waals surface area contributed by atoms with E-state index in [2.05, 4.69) is 10.6 Å². The third kappa shape index (κ3) is 3.64. The van der Waals surface area contributed by atoms with Gasteiger partial charge in [-0.1, -0.05) is 0 Å². The van der Waals surface area contributed by atoms with E-state index in [1.54, 1.807) is 0 Å². The maximum absolute atomic E-state index is 11.2. The van der Waals surface area contributed by atoms with Gasteiger partial charge in [0.25, 0.3) is 0 Å². The molecule has 1 aromatic rings. The first-order chi connectivity index (χ1) is 7.49. The molecule has 6 heteroatoms. The van der Waals surface area contributed by atoms with Gasteiger partial charge in [0, 0.05) is 12.1 Å². The Morgan fingerprint density at radius 2 is 2.12 bits per heavy atom. The van der Waals surface area contributed by atoms with Gasteiger partial charge in [0.15, 0.2) is 5.88 Å². The van der Waals surface area contributed by atoms with E-state index < -0.39 is 5.97 Å². The highest BCUT2D eigenvalue weighted by atomic mass is 16.4. The molecule has 88 valence electrons. The number of carbonyl (C=O) groups is 2. The molecule has 1 rings (SSSR count). The largest absolute Gasteiger partial charge is 0.475 e. The number of carboxylic acid groups (broad SMARTS) is 1. The molecule has 0 saturated carbocycles. The molecule has 0 saturated heterocycles. The number of carboxylic acids is 1. The molecule has 0 spiro atoms. The quantitative estimate of drug-likeness (QED) is 0.694. The van der Waals surface area contributed by atoms with Crippen molar-refractivity contribution in [3.8, 4) is 0 Å². The molecule has 3 N–H and O–H groups in total. The molecule has 0 fully saturated rings. The van der Waals surface area contributed by atoms with E-state index >= 15 is 0 Å². The molecule has 6 nitrogen and oxygen atoms in total. The van der Waals surface area contributed by atoms with Crippen LogP contribution in [0.3, 0.4) is 0 Å². The van der Waals surface area contributed by atoms with Crippen molar-refractivity contribution in [1.82, 2.24) is 5.32 Å². The lowest BCUT2D eigenvalue weighted by Gasteiger charge is -2.08. The van der Waals surface area contributed by atoms with Crippen LogP contribution in [0.15, 0.2) is 16.5 Å². The van der Waals surface area contributed by atoms with Crippen LogP contribution in [0.5, 0.6) is 0 Å². The van der Waals surface area contributed by atoms with Gasteiger partial charge in [-0.25, -0.2) is 4.79 Å². The van der Waals surface area contributed by atoms with Gasteiger partial charge in [-0.05, 0) is 19.9 Å². The van der Waals surface area contributed by atoms with Gasteiger partial charge in [-0.2, -0.15) is 0 Å². The maximum atomic E-state index is 11.2. The smallest absolute Gasteiger partial charge is 0.371 e. The Kier molecular flexibility index (Phi) is 3.93. The summed E-state index contributed by atoms with van der Waals surface area (Å²) in [6, 6.07) is 2.86. The molecule has 1 amide bonds. The monoisotopic (exact) mass is 226 g/mol. The summed E-state index contributed by atoms with van der Waals surface area (Å²) in [5.74, 6) is -1.22. The maximum Gasteiger partial charge on any atom is 0.371 e. The zero-order valence-electron chi connectivity index (χ0n) is 9.11. The number of carbonyl (C=O) groups excluding carboxylic acids is 1. The standard InChI is InChI=1S/C10H14N2O4/c1-6(2)12-8(13)5-11-9-4-3-7(16-9)10(14)15/h3-4,6,11H,5H2,1-2H3,(H,12,13)(H,14,15). The summed E-state index contributed by atoms with van der Waals surface area (Å²) in [5, 5.41) is 14.0. The van der Waals surface area contributed by atoms with E-state index in [1.165, 1.54) is 12.1 Å². The first kappa shape index (κ1) is 12.1. The summed E-state index contributed by atoms with van der Waals surface area (Å²) in [5.41, 5.74) is 0. The minimum absolute atomic E-state index is 0.0464.